The predicted octanol–water partition coefficient (Wildman–Crippen LogP) is 0.681. The number of hydrogen-bond acceptors (Lipinski definition) is 3. The zero-order valence-corrected chi connectivity index (χ0v) is 11.7. The van der Waals surface area contributed by atoms with E-state index < -0.39 is 12.0 Å². The Balaban J connectivity index is 1.87. The van der Waals surface area contributed by atoms with Gasteiger partial charge in [-0.2, -0.15) is 0 Å². The molecule has 2 amide bonds. The summed E-state index contributed by atoms with van der Waals surface area (Å²) in [4.78, 5) is 28.9. The van der Waals surface area contributed by atoms with Crippen LogP contribution in [-0.2, 0) is 4.79 Å². The SMILES string of the molecule is CCC(C(=O)O)N(C)C(=O)N1CCN(C2CC2)CC1. The molecule has 1 N–H and O–H groups in total. The Labute approximate surface area is 114 Å². The van der Waals surface area contributed by atoms with Gasteiger partial charge in [0, 0.05) is 39.3 Å². The summed E-state index contributed by atoms with van der Waals surface area (Å²) in [5.74, 6) is -0.935. The van der Waals surface area contributed by atoms with E-state index in [1.54, 1.807) is 18.9 Å². The number of carbonyl (C=O) groups is 2. The first-order valence-electron chi connectivity index (χ1n) is 7.03. The number of rotatable bonds is 4. The molecule has 1 saturated heterocycles. The van der Waals surface area contributed by atoms with Crippen molar-refractivity contribution >= 4 is 12.0 Å². The molecule has 6 heteroatoms. The minimum atomic E-state index is -0.935. The van der Waals surface area contributed by atoms with Crippen molar-refractivity contribution in [1.82, 2.24) is 14.7 Å². The summed E-state index contributed by atoms with van der Waals surface area (Å²) in [6.07, 6.45) is 3.00. The fraction of sp³-hybridized carbons (Fsp3) is 0.846. The molecule has 1 heterocycles. The van der Waals surface area contributed by atoms with Crippen LogP contribution >= 0.6 is 0 Å². The molecule has 0 aromatic rings. The first kappa shape index (κ1) is 14.1. The van der Waals surface area contributed by atoms with Crippen LogP contribution < -0.4 is 0 Å². The van der Waals surface area contributed by atoms with Gasteiger partial charge in [-0.1, -0.05) is 6.92 Å². The number of carbonyl (C=O) groups excluding carboxylic acids is 1. The Morgan fingerprint density at radius 2 is 1.84 bits per heavy atom. The Morgan fingerprint density at radius 1 is 1.26 bits per heavy atom. The lowest BCUT2D eigenvalue weighted by atomic mass is 10.2. The summed E-state index contributed by atoms with van der Waals surface area (Å²) in [5, 5.41) is 9.09. The summed E-state index contributed by atoms with van der Waals surface area (Å²) in [5.41, 5.74) is 0. The lowest BCUT2D eigenvalue weighted by molar-refractivity contribution is -0.142. The van der Waals surface area contributed by atoms with E-state index in [0.717, 1.165) is 19.1 Å². The molecule has 2 aliphatic rings. The summed E-state index contributed by atoms with van der Waals surface area (Å²) >= 11 is 0. The van der Waals surface area contributed by atoms with Gasteiger partial charge in [-0.15, -0.1) is 0 Å². The van der Waals surface area contributed by atoms with E-state index in [2.05, 4.69) is 4.90 Å². The molecule has 19 heavy (non-hydrogen) atoms. The van der Waals surface area contributed by atoms with Crippen LogP contribution in [0.2, 0.25) is 0 Å². The molecule has 0 spiro atoms. The molecular weight excluding hydrogens is 246 g/mol. The second-order valence-electron chi connectivity index (χ2n) is 5.41. The number of nitrogens with zero attached hydrogens (tertiary/aromatic N) is 3. The van der Waals surface area contributed by atoms with Crippen molar-refractivity contribution in [1.29, 1.82) is 0 Å². The highest BCUT2D eigenvalue weighted by molar-refractivity contribution is 5.82. The third-order valence-electron chi connectivity index (χ3n) is 4.09. The van der Waals surface area contributed by atoms with Crippen molar-refractivity contribution in [3.05, 3.63) is 0 Å². The highest BCUT2D eigenvalue weighted by Crippen LogP contribution is 2.27. The van der Waals surface area contributed by atoms with Gasteiger partial charge in [0.1, 0.15) is 6.04 Å². The average Bonchev–Trinajstić information content (AvgIpc) is 3.22. The number of urea groups is 1. The van der Waals surface area contributed by atoms with E-state index >= 15 is 0 Å². The predicted molar refractivity (Wildman–Crippen MR) is 71.0 cm³/mol. The van der Waals surface area contributed by atoms with Crippen molar-refractivity contribution < 1.29 is 14.7 Å². The van der Waals surface area contributed by atoms with E-state index in [0.29, 0.717) is 19.5 Å². The minimum absolute atomic E-state index is 0.162. The summed E-state index contributed by atoms with van der Waals surface area (Å²) in [6.45, 7) is 5.02. The maximum absolute atomic E-state index is 12.3. The summed E-state index contributed by atoms with van der Waals surface area (Å²) in [6, 6.07) is -0.156. The van der Waals surface area contributed by atoms with Gasteiger partial charge in [0.25, 0.3) is 0 Å². The van der Waals surface area contributed by atoms with Crippen LogP contribution in [0.15, 0.2) is 0 Å². The quantitative estimate of drug-likeness (QED) is 0.815. The number of carboxylic acid groups (broad SMARTS) is 1. The summed E-state index contributed by atoms with van der Waals surface area (Å²) < 4.78 is 0. The van der Waals surface area contributed by atoms with Gasteiger partial charge in [-0.25, -0.2) is 9.59 Å². The van der Waals surface area contributed by atoms with E-state index in [-0.39, 0.29) is 6.03 Å². The largest absolute Gasteiger partial charge is 0.480 e. The van der Waals surface area contributed by atoms with Gasteiger partial charge >= 0.3 is 12.0 Å². The van der Waals surface area contributed by atoms with Gasteiger partial charge < -0.3 is 14.9 Å². The van der Waals surface area contributed by atoms with Crippen LogP contribution in [0.4, 0.5) is 4.79 Å². The van der Waals surface area contributed by atoms with Crippen LogP contribution in [0.5, 0.6) is 0 Å². The topological polar surface area (TPSA) is 64.1 Å². The third kappa shape index (κ3) is 3.18. The van der Waals surface area contributed by atoms with E-state index in [1.807, 2.05) is 0 Å². The molecule has 1 saturated carbocycles. The van der Waals surface area contributed by atoms with Crippen LogP contribution in [0.3, 0.4) is 0 Å². The van der Waals surface area contributed by atoms with Gasteiger partial charge in [-0.3, -0.25) is 4.90 Å². The number of piperazine rings is 1. The molecule has 0 aromatic heterocycles. The van der Waals surface area contributed by atoms with Gasteiger partial charge in [0.15, 0.2) is 0 Å². The number of amides is 2. The Morgan fingerprint density at radius 3 is 2.26 bits per heavy atom. The molecule has 0 bridgehead atoms. The molecule has 0 radical (unpaired) electrons. The number of aliphatic carboxylic acids is 1. The normalized spacial score (nSPS) is 22.1. The monoisotopic (exact) mass is 269 g/mol. The maximum Gasteiger partial charge on any atom is 0.326 e. The molecule has 1 atom stereocenters. The number of hydrogen-bond donors (Lipinski definition) is 1. The molecular formula is C13H23N3O3. The highest BCUT2D eigenvalue weighted by atomic mass is 16.4. The van der Waals surface area contributed by atoms with E-state index in [1.165, 1.54) is 17.7 Å². The molecule has 2 fully saturated rings. The van der Waals surface area contributed by atoms with Crippen molar-refractivity contribution in [2.75, 3.05) is 33.2 Å². The molecule has 6 nitrogen and oxygen atoms in total. The molecule has 1 aliphatic carbocycles. The standard InChI is InChI=1S/C13H23N3O3/c1-3-11(12(17)18)14(2)13(19)16-8-6-15(7-9-16)10-4-5-10/h10-11H,3-9H2,1-2H3,(H,17,18). The number of carboxylic acids is 1. The van der Waals surface area contributed by atoms with Gasteiger partial charge in [0.05, 0.1) is 0 Å². The zero-order chi connectivity index (χ0) is 14.0. The Bertz CT molecular complexity index is 349. The van der Waals surface area contributed by atoms with Crippen molar-refractivity contribution in [3.8, 4) is 0 Å². The number of likely N-dealkylation sites (N-methyl/N-ethyl adjacent to an activating group) is 1. The van der Waals surface area contributed by atoms with Crippen LogP contribution in [0.1, 0.15) is 26.2 Å². The van der Waals surface area contributed by atoms with E-state index in [4.69, 9.17) is 5.11 Å². The molecule has 1 unspecified atom stereocenters. The van der Waals surface area contributed by atoms with E-state index in [9.17, 15) is 9.59 Å². The van der Waals surface area contributed by atoms with Crippen molar-refractivity contribution in [2.45, 2.75) is 38.3 Å². The molecule has 1 aliphatic heterocycles. The second-order valence-corrected chi connectivity index (χ2v) is 5.41. The molecule has 108 valence electrons. The first-order valence-corrected chi connectivity index (χ1v) is 7.03. The fourth-order valence-electron chi connectivity index (χ4n) is 2.69. The average molecular weight is 269 g/mol. The zero-order valence-electron chi connectivity index (χ0n) is 11.7. The second kappa shape index (κ2) is 5.77. The molecule has 0 aromatic carbocycles. The minimum Gasteiger partial charge on any atom is -0.480 e. The lowest BCUT2D eigenvalue weighted by Crippen LogP contribution is -2.55. The maximum atomic E-state index is 12.3. The molecule has 2 rings (SSSR count). The highest BCUT2D eigenvalue weighted by Gasteiger charge is 2.34. The Hall–Kier alpha value is -1.30. The smallest absolute Gasteiger partial charge is 0.326 e. The lowest BCUT2D eigenvalue weighted by Gasteiger charge is -2.37. The van der Waals surface area contributed by atoms with Crippen LogP contribution in [-0.4, -0.2) is 77.1 Å². The van der Waals surface area contributed by atoms with Gasteiger partial charge in [0.2, 0.25) is 0 Å². The first-order chi connectivity index (χ1) is 9.04. The third-order valence-corrected chi connectivity index (χ3v) is 4.09. The van der Waals surface area contributed by atoms with Crippen molar-refractivity contribution in [3.63, 3.8) is 0 Å². The van der Waals surface area contributed by atoms with Gasteiger partial charge in [-0.05, 0) is 19.3 Å². The Kier molecular flexibility index (Phi) is 4.29. The van der Waals surface area contributed by atoms with Crippen molar-refractivity contribution in [2.24, 2.45) is 0 Å². The van der Waals surface area contributed by atoms with Crippen LogP contribution in [0, 0.1) is 0 Å². The fourth-order valence-corrected chi connectivity index (χ4v) is 2.69. The summed E-state index contributed by atoms with van der Waals surface area (Å²) in [7, 11) is 1.58. The van der Waals surface area contributed by atoms with Crippen LogP contribution in [0.25, 0.3) is 0 Å².